The maximum Gasteiger partial charge on any atom is 0.0623 e. The van der Waals surface area contributed by atoms with E-state index in [0.29, 0.717) is 12.0 Å². The molecule has 3 atom stereocenters. The highest BCUT2D eigenvalue weighted by atomic mass is 16.5. The van der Waals surface area contributed by atoms with Crippen LogP contribution in [0.3, 0.4) is 0 Å². The summed E-state index contributed by atoms with van der Waals surface area (Å²) < 4.78 is 5.63. The molecule has 0 bridgehead atoms. The van der Waals surface area contributed by atoms with E-state index in [4.69, 9.17) is 4.74 Å². The molecule has 0 aromatic heterocycles. The quantitative estimate of drug-likeness (QED) is 0.898. The van der Waals surface area contributed by atoms with Gasteiger partial charge < -0.3 is 15.0 Å². The van der Waals surface area contributed by atoms with Crippen LogP contribution in [-0.4, -0.2) is 39.4 Å². The van der Waals surface area contributed by atoms with E-state index in [1.54, 1.807) is 0 Å². The van der Waals surface area contributed by atoms with Crippen molar-refractivity contribution in [2.75, 3.05) is 38.3 Å². The first-order chi connectivity index (χ1) is 9.28. The van der Waals surface area contributed by atoms with Crippen molar-refractivity contribution >= 4 is 5.69 Å². The summed E-state index contributed by atoms with van der Waals surface area (Å²) >= 11 is 0. The number of rotatable bonds is 3. The summed E-state index contributed by atoms with van der Waals surface area (Å²) in [6.45, 7) is 6.37. The topological polar surface area (TPSA) is 24.5 Å². The predicted molar refractivity (Wildman–Crippen MR) is 78.7 cm³/mol. The number of ether oxygens (including phenoxy) is 1. The number of anilines is 1. The van der Waals surface area contributed by atoms with E-state index in [0.717, 1.165) is 25.7 Å². The van der Waals surface area contributed by atoms with E-state index in [1.165, 1.54) is 24.2 Å². The summed E-state index contributed by atoms with van der Waals surface area (Å²) in [6, 6.07) is 9.36. The number of hydrogen-bond acceptors (Lipinski definition) is 3. The Labute approximate surface area is 115 Å². The van der Waals surface area contributed by atoms with Gasteiger partial charge in [0, 0.05) is 30.7 Å². The summed E-state index contributed by atoms with van der Waals surface area (Å²) in [4.78, 5) is 2.56. The Morgan fingerprint density at radius 1 is 1.32 bits per heavy atom. The van der Waals surface area contributed by atoms with Crippen molar-refractivity contribution in [1.82, 2.24) is 5.32 Å². The Balaban J connectivity index is 1.77. The van der Waals surface area contributed by atoms with E-state index in [1.807, 2.05) is 7.05 Å². The van der Waals surface area contributed by atoms with E-state index in [2.05, 4.69) is 41.4 Å². The van der Waals surface area contributed by atoms with Gasteiger partial charge in [0.1, 0.15) is 0 Å². The van der Waals surface area contributed by atoms with Gasteiger partial charge in [-0.15, -0.1) is 0 Å². The maximum atomic E-state index is 5.63. The first-order valence-corrected chi connectivity index (χ1v) is 7.35. The minimum atomic E-state index is 0.504. The second kappa shape index (κ2) is 5.51. The molecule has 0 saturated carbocycles. The van der Waals surface area contributed by atoms with Gasteiger partial charge in [-0.25, -0.2) is 0 Å². The van der Waals surface area contributed by atoms with Crippen LogP contribution in [0.25, 0.3) is 0 Å². The smallest absolute Gasteiger partial charge is 0.0623 e. The van der Waals surface area contributed by atoms with E-state index in [-0.39, 0.29) is 0 Å². The molecule has 1 N–H and O–H groups in total. The van der Waals surface area contributed by atoms with Crippen LogP contribution in [0.2, 0.25) is 0 Å². The molecule has 0 radical (unpaired) electrons. The Morgan fingerprint density at radius 2 is 2.16 bits per heavy atom. The third-order valence-electron chi connectivity index (χ3n) is 4.46. The second-order valence-corrected chi connectivity index (χ2v) is 6.04. The highest BCUT2D eigenvalue weighted by Crippen LogP contribution is 2.30. The van der Waals surface area contributed by atoms with Crippen LogP contribution in [-0.2, 0) is 11.2 Å². The number of hydrogen-bond donors (Lipinski definition) is 1. The van der Waals surface area contributed by atoms with Gasteiger partial charge in [0.15, 0.2) is 0 Å². The maximum absolute atomic E-state index is 5.63. The lowest BCUT2D eigenvalue weighted by atomic mass is 9.92. The molecule has 3 unspecified atom stereocenters. The van der Waals surface area contributed by atoms with Crippen molar-refractivity contribution in [2.24, 2.45) is 11.8 Å². The van der Waals surface area contributed by atoms with Crippen LogP contribution in [0.15, 0.2) is 24.3 Å². The van der Waals surface area contributed by atoms with Gasteiger partial charge >= 0.3 is 0 Å². The first kappa shape index (κ1) is 12.9. The highest BCUT2D eigenvalue weighted by Gasteiger charge is 2.31. The Morgan fingerprint density at radius 3 is 3.00 bits per heavy atom. The summed E-state index contributed by atoms with van der Waals surface area (Å²) in [7, 11) is 2.04. The average molecular weight is 260 g/mol. The molecule has 1 aromatic rings. The fourth-order valence-electron chi connectivity index (χ4n) is 3.46. The molecule has 0 spiro atoms. The molecule has 104 valence electrons. The zero-order valence-corrected chi connectivity index (χ0v) is 11.9. The van der Waals surface area contributed by atoms with Crippen molar-refractivity contribution in [1.29, 1.82) is 0 Å². The van der Waals surface area contributed by atoms with Crippen LogP contribution in [0, 0.1) is 11.8 Å². The molecule has 2 aliphatic heterocycles. The van der Waals surface area contributed by atoms with Gasteiger partial charge in [0.2, 0.25) is 0 Å². The van der Waals surface area contributed by atoms with Crippen LogP contribution in [0.4, 0.5) is 5.69 Å². The van der Waals surface area contributed by atoms with Gasteiger partial charge in [-0.3, -0.25) is 0 Å². The molecule has 0 aliphatic carbocycles. The lowest BCUT2D eigenvalue weighted by molar-refractivity contribution is 0.183. The minimum absolute atomic E-state index is 0.504. The number of fused-ring (bicyclic) bond motifs is 1. The van der Waals surface area contributed by atoms with Gasteiger partial charge in [-0.1, -0.05) is 25.1 Å². The normalized spacial score (nSPS) is 30.4. The van der Waals surface area contributed by atoms with Crippen LogP contribution in [0.5, 0.6) is 0 Å². The minimum Gasteiger partial charge on any atom is -0.379 e. The molecule has 1 fully saturated rings. The monoisotopic (exact) mass is 260 g/mol. The molecule has 19 heavy (non-hydrogen) atoms. The number of para-hydroxylation sites is 1. The van der Waals surface area contributed by atoms with Crippen LogP contribution in [0.1, 0.15) is 12.5 Å². The van der Waals surface area contributed by atoms with Crippen molar-refractivity contribution in [3.63, 3.8) is 0 Å². The molecule has 0 amide bonds. The molecule has 2 aliphatic rings. The second-order valence-electron chi connectivity index (χ2n) is 6.04. The average Bonchev–Trinajstić information content (AvgIpc) is 2.86. The van der Waals surface area contributed by atoms with Crippen molar-refractivity contribution in [3.05, 3.63) is 29.8 Å². The van der Waals surface area contributed by atoms with Crippen LogP contribution < -0.4 is 10.2 Å². The molecule has 1 aromatic carbocycles. The highest BCUT2D eigenvalue weighted by molar-refractivity contribution is 5.55. The fourth-order valence-corrected chi connectivity index (χ4v) is 3.46. The number of benzene rings is 1. The van der Waals surface area contributed by atoms with Crippen molar-refractivity contribution in [3.8, 4) is 0 Å². The van der Waals surface area contributed by atoms with Gasteiger partial charge in [0.05, 0.1) is 13.2 Å². The lowest BCUT2D eigenvalue weighted by Crippen LogP contribution is -2.43. The zero-order valence-electron chi connectivity index (χ0n) is 11.9. The predicted octanol–water partition coefficient (Wildman–Crippen LogP) is 1.92. The number of nitrogens with one attached hydrogen (secondary N) is 1. The third kappa shape index (κ3) is 2.63. The molecule has 3 heteroatoms. The van der Waals surface area contributed by atoms with E-state index >= 15 is 0 Å². The molecule has 3 nitrogen and oxygen atoms in total. The van der Waals surface area contributed by atoms with Gasteiger partial charge in [-0.05, 0) is 31.0 Å². The fraction of sp³-hybridized carbons (Fsp3) is 0.625. The summed E-state index contributed by atoms with van der Waals surface area (Å²) in [6.07, 6.45) is 1.21. The molecule has 2 heterocycles. The summed E-state index contributed by atoms with van der Waals surface area (Å²) in [5, 5.41) is 3.39. The standard InChI is InChI=1S/C16H24N2O/c1-12-7-13-5-3-4-6-16(13)18(8-12)9-14-10-19-11-15(14)17-2/h3-6,12,14-15,17H,7-11H2,1-2H3. The summed E-state index contributed by atoms with van der Waals surface area (Å²) in [5.41, 5.74) is 2.93. The van der Waals surface area contributed by atoms with Crippen molar-refractivity contribution in [2.45, 2.75) is 19.4 Å². The molecule has 1 saturated heterocycles. The Bertz CT molecular complexity index is 435. The van der Waals surface area contributed by atoms with Gasteiger partial charge in [0.25, 0.3) is 0 Å². The largest absolute Gasteiger partial charge is 0.379 e. The van der Waals surface area contributed by atoms with Gasteiger partial charge in [-0.2, -0.15) is 0 Å². The van der Waals surface area contributed by atoms with E-state index < -0.39 is 0 Å². The summed E-state index contributed by atoms with van der Waals surface area (Å²) in [5.74, 6) is 1.34. The third-order valence-corrected chi connectivity index (χ3v) is 4.46. The molecular weight excluding hydrogens is 236 g/mol. The number of likely N-dealkylation sites (N-methyl/N-ethyl adjacent to an activating group) is 1. The number of nitrogens with zero attached hydrogens (tertiary/aromatic N) is 1. The van der Waals surface area contributed by atoms with E-state index in [9.17, 15) is 0 Å². The molecular formula is C16H24N2O. The van der Waals surface area contributed by atoms with Crippen LogP contribution >= 0.6 is 0 Å². The Kier molecular flexibility index (Phi) is 3.76. The lowest BCUT2D eigenvalue weighted by Gasteiger charge is -2.37. The SMILES string of the molecule is CNC1COCC1CN1CC(C)Cc2ccccc21. The molecule has 3 rings (SSSR count). The zero-order chi connectivity index (χ0) is 13.2. The first-order valence-electron chi connectivity index (χ1n) is 7.35. The van der Waals surface area contributed by atoms with Crippen molar-refractivity contribution < 1.29 is 4.74 Å². The Hall–Kier alpha value is -1.06.